The van der Waals surface area contributed by atoms with Gasteiger partial charge in [0.05, 0.1) is 5.39 Å². The molecule has 2 aromatic heterocycles. The Kier molecular flexibility index (Phi) is 4.03. The maximum atomic E-state index is 12.6. The summed E-state index contributed by atoms with van der Waals surface area (Å²) in [6, 6.07) is 0. The van der Waals surface area contributed by atoms with Gasteiger partial charge in [-0.15, -0.1) is 17.9 Å². The molecule has 0 saturated heterocycles. The lowest BCUT2D eigenvalue weighted by molar-refractivity contribution is 0.699. The van der Waals surface area contributed by atoms with Gasteiger partial charge in [0.1, 0.15) is 11.2 Å². The quantitative estimate of drug-likeness (QED) is 0.668. The SMILES string of the molecule is C=CCNC(=S)Nn1cnc2sc3c(c2c1=O)CCCC3. The second kappa shape index (κ2) is 5.95. The lowest BCUT2D eigenvalue weighted by Crippen LogP contribution is -2.39. The first kappa shape index (κ1) is 14.2. The van der Waals surface area contributed by atoms with E-state index in [1.807, 2.05) is 0 Å². The number of aryl methyl sites for hydroxylation is 2. The average Bonchev–Trinajstić information content (AvgIpc) is 2.87. The summed E-state index contributed by atoms with van der Waals surface area (Å²) in [4.78, 5) is 19.2. The first-order valence-corrected chi connectivity index (χ1v) is 8.11. The summed E-state index contributed by atoms with van der Waals surface area (Å²) in [6.07, 6.45) is 7.56. The molecule has 0 aliphatic heterocycles. The zero-order chi connectivity index (χ0) is 14.8. The van der Waals surface area contributed by atoms with Crippen LogP contribution in [-0.2, 0) is 12.8 Å². The molecular formula is C14H16N4OS2. The zero-order valence-electron chi connectivity index (χ0n) is 11.5. The Balaban J connectivity index is 1.98. The first-order valence-electron chi connectivity index (χ1n) is 6.88. The highest BCUT2D eigenvalue weighted by Crippen LogP contribution is 2.33. The van der Waals surface area contributed by atoms with Crippen LogP contribution in [0.15, 0.2) is 23.8 Å². The van der Waals surface area contributed by atoms with Crippen LogP contribution in [0.25, 0.3) is 10.2 Å². The maximum absolute atomic E-state index is 12.6. The van der Waals surface area contributed by atoms with E-state index in [1.165, 1.54) is 27.9 Å². The molecule has 21 heavy (non-hydrogen) atoms. The van der Waals surface area contributed by atoms with Gasteiger partial charge in [-0.3, -0.25) is 10.2 Å². The number of fused-ring (bicyclic) bond motifs is 3. The fourth-order valence-corrected chi connectivity index (χ4v) is 3.94. The minimum atomic E-state index is -0.0813. The Morgan fingerprint density at radius 3 is 3.14 bits per heavy atom. The van der Waals surface area contributed by atoms with Crippen LogP contribution in [0.4, 0.5) is 0 Å². The monoisotopic (exact) mass is 320 g/mol. The number of hydrogen-bond acceptors (Lipinski definition) is 4. The molecule has 0 fully saturated rings. The van der Waals surface area contributed by atoms with Crippen LogP contribution < -0.4 is 16.3 Å². The molecule has 1 aliphatic rings. The van der Waals surface area contributed by atoms with E-state index in [-0.39, 0.29) is 5.56 Å². The third-order valence-corrected chi connectivity index (χ3v) is 4.94. The number of rotatable bonds is 3. The summed E-state index contributed by atoms with van der Waals surface area (Å²) < 4.78 is 1.35. The molecule has 110 valence electrons. The molecule has 0 saturated carbocycles. The third kappa shape index (κ3) is 2.71. The first-order chi connectivity index (χ1) is 10.2. The van der Waals surface area contributed by atoms with Crippen LogP contribution in [0.3, 0.4) is 0 Å². The van der Waals surface area contributed by atoms with E-state index in [4.69, 9.17) is 12.2 Å². The van der Waals surface area contributed by atoms with Gasteiger partial charge in [-0.05, 0) is 43.5 Å². The smallest absolute Gasteiger partial charge is 0.281 e. The van der Waals surface area contributed by atoms with Crippen molar-refractivity contribution in [2.45, 2.75) is 25.7 Å². The summed E-state index contributed by atoms with van der Waals surface area (Å²) in [5.41, 5.74) is 3.95. The normalized spacial score (nSPS) is 13.7. The van der Waals surface area contributed by atoms with Crippen molar-refractivity contribution in [1.82, 2.24) is 15.0 Å². The van der Waals surface area contributed by atoms with Crippen molar-refractivity contribution in [1.29, 1.82) is 0 Å². The van der Waals surface area contributed by atoms with Crippen molar-refractivity contribution in [3.63, 3.8) is 0 Å². The van der Waals surface area contributed by atoms with Gasteiger partial charge in [-0.2, -0.15) is 0 Å². The van der Waals surface area contributed by atoms with Gasteiger partial charge in [0.2, 0.25) is 0 Å². The standard InChI is InChI=1S/C14H16N4OS2/c1-2-7-15-14(20)17-18-8-16-12-11(13(18)19)9-5-3-4-6-10(9)21-12/h2,8H,1,3-7H2,(H2,15,17,20). The predicted molar refractivity (Wildman–Crippen MR) is 90.7 cm³/mol. The molecule has 2 N–H and O–H groups in total. The molecule has 0 spiro atoms. The second-order valence-electron chi connectivity index (χ2n) is 4.92. The van der Waals surface area contributed by atoms with Gasteiger partial charge in [-0.1, -0.05) is 6.08 Å². The highest BCUT2D eigenvalue weighted by atomic mass is 32.1. The Hall–Kier alpha value is -1.73. The van der Waals surface area contributed by atoms with E-state index < -0.39 is 0 Å². The van der Waals surface area contributed by atoms with Crippen molar-refractivity contribution in [2.75, 3.05) is 12.0 Å². The second-order valence-corrected chi connectivity index (χ2v) is 6.41. The molecule has 0 unspecified atom stereocenters. The highest BCUT2D eigenvalue weighted by molar-refractivity contribution is 7.80. The molecular weight excluding hydrogens is 304 g/mol. The van der Waals surface area contributed by atoms with Gasteiger partial charge in [-0.25, -0.2) is 9.66 Å². The number of nitrogens with one attached hydrogen (secondary N) is 2. The van der Waals surface area contributed by atoms with E-state index in [0.29, 0.717) is 11.7 Å². The summed E-state index contributed by atoms with van der Waals surface area (Å²) in [5.74, 6) is 0. The van der Waals surface area contributed by atoms with E-state index in [1.54, 1.807) is 17.4 Å². The summed E-state index contributed by atoms with van der Waals surface area (Å²) in [6.45, 7) is 4.16. The summed E-state index contributed by atoms with van der Waals surface area (Å²) in [5, 5.41) is 4.05. The number of thiophene rings is 1. The molecule has 0 radical (unpaired) electrons. The molecule has 5 nitrogen and oxygen atoms in total. The summed E-state index contributed by atoms with van der Waals surface area (Å²) >= 11 is 6.77. The van der Waals surface area contributed by atoms with Crippen molar-refractivity contribution < 1.29 is 0 Å². The number of aromatic nitrogens is 2. The minimum Gasteiger partial charge on any atom is -0.358 e. The molecule has 2 heterocycles. The van der Waals surface area contributed by atoms with Crippen LogP contribution in [0.1, 0.15) is 23.3 Å². The molecule has 3 rings (SSSR count). The fraction of sp³-hybridized carbons (Fsp3) is 0.357. The molecule has 0 amide bonds. The number of nitrogens with zero attached hydrogens (tertiary/aromatic N) is 2. The van der Waals surface area contributed by atoms with Crippen molar-refractivity contribution >= 4 is 38.9 Å². The lowest BCUT2D eigenvalue weighted by atomic mass is 9.97. The maximum Gasteiger partial charge on any atom is 0.281 e. The fourth-order valence-electron chi connectivity index (χ4n) is 2.54. The van der Waals surface area contributed by atoms with Crippen LogP contribution in [-0.4, -0.2) is 21.3 Å². The Labute approximate surface area is 131 Å². The topological polar surface area (TPSA) is 58.9 Å². The molecule has 0 aromatic carbocycles. The van der Waals surface area contributed by atoms with E-state index in [0.717, 1.165) is 29.5 Å². The molecule has 0 atom stereocenters. The molecule has 0 bridgehead atoms. The van der Waals surface area contributed by atoms with Crippen molar-refractivity contribution in [3.05, 3.63) is 39.8 Å². The minimum absolute atomic E-state index is 0.0813. The molecule has 1 aliphatic carbocycles. The van der Waals surface area contributed by atoms with Crippen LogP contribution >= 0.6 is 23.6 Å². The van der Waals surface area contributed by atoms with Gasteiger partial charge in [0, 0.05) is 11.4 Å². The highest BCUT2D eigenvalue weighted by Gasteiger charge is 2.20. The third-order valence-electron chi connectivity index (χ3n) is 3.50. The van der Waals surface area contributed by atoms with E-state index in [9.17, 15) is 4.79 Å². The van der Waals surface area contributed by atoms with Gasteiger partial charge < -0.3 is 5.32 Å². The average molecular weight is 320 g/mol. The Morgan fingerprint density at radius 1 is 1.52 bits per heavy atom. The zero-order valence-corrected chi connectivity index (χ0v) is 13.1. The van der Waals surface area contributed by atoms with Gasteiger partial charge in [0.15, 0.2) is 5.11 Å². The number of thiocarbonyl (C=S) groups is 1. The summed E-state index contributed by atoms with van der Waals surface area (Å²) in [7, 11) is 0. The molecule has 7 heteroatoms. The van der Waals surface area contributed by atoms with Crippen LogP contribution in [0, 0.1) is 0 Å². The van der Waals surface area contributed by atoms with Crippen LogP contribution in [0.5, 0.6) is 0 Å². The van der Waals surface area contributed by atoms with Crippen molar-refractivity contribution in [3.8, 4) is 0 Å². The van der Waals surface area contributed by atoms with E-state index >= 15 is 0 Å². The Bertz CT molecular complexity index is 762. The largest absolute Gasteiger partial charge is 0.358 e. The Morgan fingerprint density at radius 2 is 2.33 bits per heavy atom. The van der Waals surface area contributed by atoms with E-state index in [2.05, 4.69) is 22.3 Å². The lowest BCUT2D eigenvalue weighted by Gasteiger charge is -2.12. The van der Waals surface area contributed by atoms with Gasteiger partial charge >= 0.3 is 0 Å². The van der Waals surface area contributed by atoms with Crippen LogP contribution in [0.2, 0.25) is 0 Å². The molecule has 2 aromatic rings. The van der Waals surface area contributed by atoms with Gasteiger partial charge in [0.25, 0.3) is 5.56 Å². The van der Waals surface area contributed by atoms with Crippen molar-refractivity contribution in [2.24, 2.45) is 0 Å². The number of hydrogen-bond donors (Lipinski definition) is 2. The predicted octanol–water partition coefficient (Wildman–Crippen LogP) is 1.94.